The fraction of sp³-hybridized carbons (Fsp3) is 0.591. The van der Waals surface area contributed by atoms with E-state index in [-0.39, 0.29) is 158 Å². The summed E-state index contributed by atoms with van der Waals surface area (Å²) < 4.78 is 24.1. The van der Waals surface area contributed by atoms with Crippen molar-refractivity contribution in [2.24, 2.45) is 0 Å². The number of carbonyl (C=O) groups is 6. The van der Waals surface area contributed by atoms with Crippen molar-refractivity contribution in [1.29, 1.82) is 0 Å². The van der Waals surface area contributed by atoms with Gasteiger partial charge in [-0.3, -0.25) is 9.59 Å². The number of nitrogens with zero attached hydrogens (tertiary/aromatic N) is 9. The van der Waals surface area contributed by atoms with Crippen LogP contribution in [0.15, 0.2) is 37.2 Å². The van der Waals surface area contributed by atoms with E-state index in [4.69, 9.17) is 40.6 Å². The van der Waals surface area contributed by atoms with Crippen LogP contribution in [0.5, 0.6) is 0 Å². The van der Waals surface area contributed by atoms with Crippen molar-refractivity contribution in [2.75, 3.05) is 102 Å². The first-order valence-corrected chi connectivity index (χ1v) is 22.8. The van der Waals surface area contributed by atoms with Gasteiger partial charge in [0.05, 0.1) is 43.1 Å². The molecule has 3 fully saturated rings. The summed E-state index contributed by atoms with van der Waals surface area (Å²) in [5.74, 6) is -0.0129. The minimum absolute atomic E-state index is 0. The standard InChI is InChI=1S/C12H17N3O2.C11H16N4O2.C9H18N2O2.C7H7ClN2O2.C4H8O2.CH2O3.ClH.2K.H/c1-2-17-11(16)10-8-13-12(14-9-10)15-6-4-3-5-7-15;1-2-17-10(16)9-7-13-11(14-8-9)15-5-3-12-4-6-15;1-9(2,3)13-8(12)11-6-4-10-5-7-11;1-2-12-6(11)5-3-9-7(8)10-4-5;1-3-6-4(2)5;2-1-4-3;;;;/h8-9H,2-7H2,1H3;7-8,12H,2-6H2,1H3;10H,4-7H2,1-3H3;3-4H,2H2,1H3;3H2,1-2H3;1,3H;1H;;;/q;;;;;;;2*+1;-1/p-1. The molecule has 2 N–H and O–H groups in total. The summed E-state index contributed by atoms with van der Waals surface area (Å²) in [7, 11) is 0. The molecule has 24 nitrogen and oxygen atoms in total. The van der Waals surface area contributed by atoms with Crippen molar-refractivity contribution >= 4 is 72.3 Å². The molecule has 6 rings (SSSR count). The average Bonchev–Trinajstić information content (AvgIpc) is 3.35. The SMILES string of the molecule is CC(C)(C)OC(=O)N1CCNCC1.CCOC(=O)c1cnc(Cl)nc1.CCOC(=O)c1cnc(N2CCCCC2)nc1.CCOC(=O)c1cnc(N2CCNCC2)nc1.CCOC(C)=O.Cl.O=CO[O-].[H-].[K+].[K+]. The number of esters is 4. The molecule has 0 aliphatic carbocycles. The van der Waals surface area contributed by atoms with Gasteiger partial charge >= 0.3 is 133 Å². The molecule has 0 bridgehead atoms. The molecule has 3 saturated heterocycles. The molecule has 1 amide bonds. The van der Waals surface area contributed by atoms with Gasteiger partial charge < -0.3 is 60.6 Å². The largest absolute Gasteiger partial charge is 1.00 e. The first kappa shape index (κ1) is 73.4. The van der Waals surface area contributed by atoms with Crippen molar-refractivity contribution in [3.63, 3.8) is 0 Å². The summed E-state index contributed by atoms with van der Waals surface area (Å²) in [6.45, 7) is 24.3. The van der Waals surface area contributed by atoms with Crippen molar-refractivity contribution in [1.82, 2.24) is 45.4 Å². The van der Waals surface area contributed by atoms with Gasteiger partial charge in [-0.1, -0.05) is 0 Å². The fourth-order valence-electron chi connectivity index (χ4n) is 5.58. The van der Waals surface area contributed by atoms with Crippen LogP contribution in [-0.4, -0.2) is 169 Å². The smallest absolute Gasteiger partial charge is 1.00 e. The molecule has 3 aromatic rings. The number of piperazine rings is 2. The molecule has 0 unspecified atom stereocenters. The zero-order chi connectivity index (χ0) is 51.5. The number of hydrogen-bond donors (Lipinski definition) is 2. The number of carbonyl (C=O) groups excluding carboxylic acids is 6. The first-order chi connectivity index (χ1) is 33.0. The summed E-state index contributed by atoms with van der Waals surface area (Å²) in [5, 5.41) is 15.0. The molecular formula is C44H69Cl2K2N11O13. The van der Waals surface area contributed by atoms with Gasteiger partial charge in [0.1, 0.15) is 5.60 Å². The predicted octanol–water partition coefficient (Wildman–Crippen LogP) is -2.61. The maximum absolute atomic E-state index is 11.5. The third-order valence-corrected chi connectivity index (χ3v) is 8.82. The van der Waals surface area contributed by atoms with Crippen molar-refractivity contribution in [3.05, 3.63) is 59.2 Å². The Morgan fingerprint density at radius 3 is 1.26 bits per heavy atom. The zero-order valence-corrected chi connectivity index (χ0v) is 51.0. The number of rotatable bonds is 10. The molecule has 3 aromatic heterocycles. The number of ether oxygens (including phenoxy) is 5. The van der Waals surface area contributed by atoms with Gasteiger partial charge in [-0.15, -0.1) is 12.4 Å². The molecule has 3 aliphatic rings. The van der Waals surface area contributed by atoms with Crippen LogP contribution in [-0.2, 0) is 38.2 Å². The van der Waals surface area contributed by atoms with E-state index in [1.165, 1.54) is 63.4 Å². The Morgan fingerprint density at radius 2 is 0.958 bits per heavy atom. The molecule has 6 heterocycles. The van der Waals surface area contributed by atoms with E-state index >= 15 is 0 Å². The number of piperidine rings is 1. The molecule has 3 aliphatic heterocycles. The molecule has 0 spiro atoms. The summed E-state index contributed by atoms with van der Waals surface area (Å²) in [5.41, 5.74) is 0.724. The zero-order valence-electron chi connectivity index (χ0n) is 44.2. The maximum atomic E-state index is 11.5. The number of halogens is 2. The van der Waals surface area contributed by atoms with Crippen molar-refractivity contribution in [2.45, 2.75) is 80.3 Å². The minimum atomic E-state index is -0.436. The predicted molar refractivity (Wildman–Crippen MR) is 259 cm³/mol. The van der Waals surface area contributed by atoms with E-state index in [1.807, 2.05) is 20.8 Å². The quantitative estimate of drug-likeness (QED) is 0.0400. The number of anilines is 2. The van der Waals surface area contributed by atoms with Gasteiger partial charge in [0.25, 0.3) is 6.47 Å². The second-order valence-corrected chi connectivity index (χ2v) is 15.4. The van der Waals surface area contributed by atoms with E-state index in [0.717, 1.165) is 65.4 Å². The van der Waals surface area contributed by atoms with Gasteiger partial charge in [0.15, 0.2) is 0 Å². The van der Waals surface area contributed by atoms with Crippen LogP contribution >= 0.6 is 24.0 Å². The Balaban J connectivity index is -0.000000405. The third-order valence-electron chi connectivity index (χ3n) is 8.62. The van der Waals surface area contributed by atoms with Crippen LogP contribution in [0.2, 0.25) is 5.28 Å². The summed E-state index contributed by atoms with van der Waals surface area (Å²) >= 11 is 5.42. The molecule has 72 heavy (non-hydrogen) atoms. The molecule has 0 aromatic carbocycles. The van der Waals surface area contributed by atoms with Gasteiger partial charge in [0, 0.05) is 110 Å². The topological polar surface area (TPSA) is 292 Å². The summed E-state index contributed by atoms with van der Waals surface area (Å²) in [6.07, 6.45) is 12.2. The van der Waals surface area contributed by atoms with Crippen LogP contribution in [0.3, 0.4) is 0 Å². The Hall–Kier alpha value is -2.81. The number of amides is 1. The van der Waals surface area contributed by atoms with Gasteiger partial charge in [-0.25, -0.2) is 49.1 Å². The van der Waals surface area contributed by atoms with E-state index in [1.54, 1.807) is 32.6 Å². The third kappa shape index (κ3) is 33.9. The normalized spacial score (nSPS) is 13.3. The average molecular weight is 1110 g/mol. The van der Waals surface area contributed by atoms with E-state index in [9.17, 15) is 24.0 Å². The fourth-order valence-corrected chi connectivity index (χ4v) is 5.67. The Bertz CT molecular complexity index is 1860. The van der Waals surface area contributed by atoms with Crippen LogP contribution < -0.4 is 128 Å². The van der Waals surface area contributed by atoms with E-state index in [2.05, 4.69) is 60.0 Å². The molecule has 0 atom stereocenters. The molecule has 394 valence electrons. The molecular weight excluding hydrogens is 1040 g/mol. The Labute approximate surface area is 519 Å². The monoisotopic (exact) mass is 1110 g/mol. The van der Waals surface area contributed by atoms with Crippen LogP contribution in [0.4, 0.5) is 16.7 Å². The molecule has 0 saturated carbocycles. The van der Waals surface area contributed by atoms with Crippen molar-refractivity contribution < 1.29 is 167 Å². The van der Waals surface area contributed by atoms with Gasteiger partial charge in [-0.05, 0) is 79.3 Å². The van der Waals surface area contributed by atoms with Crippen LogP contribution in [0.1, 0.15) is 107 Å². The second kappa shape index (κ2) is 44.5. The summed E-state index contributed by atoms with van der Waals surface area (Å²) in [6, 6.07) is 0. The minimum Gasteiger partial charge on any atom is -1.00 e. The first-order valence-electron chi connectivity index (χ1n) is 22.4. The maximum Gasteiger partial charge on any atom is 1.00 e. The molecule has 28 heteroatoms. The number of hydrogen-bond acceptors (Lipinski definition) is 23. The van der Waals surface area contributed by atoms with Crippen molar-refractivity contribution in [3.8, 4) is 0 Å². The van der Waals surface area contributed by atoms with Crippen LogP contribution in [0, 0.1) is 0 Å². The molecule has 0 radical (unpaired) electrons. The van der Waals surface area contributed by atoms with E-state index in [0.29, 0.717) is 55.0 Å². The summed E-state index contributed by atoms with van der Waals surface area (Å²) in [4.78, 5) is 96.5. The Kier molecular flexibility index (Phi) is 45.4. The second-order valence-electron chi connectivity index (χ2n) is 15.1. The number of aromatic nitrogens is 6. The van der Waals surface area contributed by atoms with Gasteiger partial charge in [0.2, 0.25) is 17.2 Å². The van der Waals surface area contributed by atoms with Gasteiger partial charge in [-0.2, -0.15) is 0 Å². The number of nitrogens with one attached hydrogen (secondary N) is 2. The van der Waals surface area contributed by atoms with Crippen LogP contribution in [0.25, 0.3) is 0 Å². The Morgan fingerprint density at radius 1 is 0.625 bits per heavy atom. The van der Waals surface area contributed by atoms with E-state index < -0.39 is 5.97 Å².